The summed E-state index contributed by atoms with van der Waals surface area (Å²) in [5.74, 6) is -2.19. The van der Waals surface area contributed by atoms with Gasteiger partial charge in [-0.05, 0) is 57.4 Å². The lowest BCUT2D eigenvalue weighted by Crippen LogP contribution is -2.31. The zero-order valence-corrected chi connectivity index (χ0v) is 27.6. The molecule has 2 heterocycles. The van der Waals surface area contributed by atoms with Gasteiger partial charge >= 0.3 is 5.97 Å². The average Bonchev–Trinajstić information content (AvgIpc) is 3.54. The van der Waals surface area contributed by atoms with E-state index in [9.17, 15) is 35.4 Å². The lowest BCUT2D eigenvalue weighted by Gasteiger charge is -2.23. The molecule has 0 saturated carbocycles. The Balaban J connectivity index is 1.47. The summed E-state index contributed by atoms with van der Waals surface area (Å²) in [7, 11) is 0. The molecular formula is C35H64O9. The number of cyclic esters (lactones) is 1. The maximum Gasteiger partial charge on any atom is 0.336 e. The number of ether oxygens (including phenoxy) is 2. The van der Waals surface area contributed by atoms with E-state index in [1.807, 2.05) is 0 Å². The van der Waals surface area contributed by atoms with Crippen LogP contribution in [0.15, 0.2) is 11.6 Å². The van der Waals surface area contributed by atoms with Crippen LogP contribution in [0.2, 0.25) is 0 Å². The number of unbranched alkanes of at least 4 members (excludes halogenated alkanes) is 11. The zero-order chi connectivity index (χ0) is 32.4. The topological polar surface area (TPSA) is 157 Å². The minimum Gasteiger partial charge on any atom is -0.426 e. The molecule has 0 amide bonds. The molecule has 8 unspecified atom stereocenters. The van der Waals surface area contributed by atoms with Crippen LogP contribution in [0.4, 0.5) is 0 Å². The molecule has 0 aliphatic carbocycles. The number of carbonyl (C=O) groups excluding carboxylic acids is 1. The van der Waals surface area contributed by atoms with Crippen LogP contribution in [-0.2, 0) is 14.3 Å². The summed E-state index contributed by atoms with van der Waals surface area (Å²) < 4.78 is 10.8. The highest BCUT2D eigenvalue weighted by atomic mass is 16.7. The normalized spacial score (nSPS) is 25.5. The second-order valence-electron chi connectivity index (χ2n) is 13.6. The van der Waals surface area contributed by atoms with E-state index in [0.29, 0.717) is 50.5 Å². The molecule has 8 atom stereocenters. The van der Waals surface area contributed by atoms with E-state index in [1.54, 1.807) is 0 Å². The molecule has 44 heavy (non-hydrogen) atoms. The van der Waals surface area contributed by atoms with Crippen molar-refractivity contribution < 1.29 is 44.9 Å². The first-order valence-corrected chi connectivity index (χ1v) is 17.7. The molecule has 9 nitrogen and oxygen atoms in total. The summed E-state index contributed by atoms with van der Waals surface area (Å²) in [4.78, 5) is 11.7. The van der Waals surface area contributed by atoms with E-state index in [0.717, 1.165) is 38.5 Å². The maximum absolute atomic E-state index is 11.7. The average molecular weight is 629 g/mol. The standard InChI is InChI=1S/C35H64O9/c1-3-4-5-6-7-8-9-10-11-15-18-30(38)31(39)20-21-32(40)33-22-19-29(43-33)24-28(37)17-14-12-13-16-27(36)23-26-25-35(2,42)44-34(26)41/h25,27-33,36-40,42H,3-24H2,1-2H3. The van der Waals surface area contributed by atoms with Crippen LogP contribution >= 0.6 is 0 Å². The van der Waals surface area contributed by atoms with Crippen molar-refractivity contribution in [3.05, 3.63) is 11.6 Å². The highest BCUT2D eigenvalue weighted by Crippen LogP contribution is 2.29. The van der Waals surface area contributed by atoms with Gasteiger partial charge in [0.05, 0.1) is 42.7 Å². The fourth-order valence-corrected chi connectivity index (χ4v) is 6.46. The Hall–Kier alpha value is -1.07. The molecule has 0 aromatic rings. The quantitative estimate of drug-likeness (QED) is 0.0549. The van der Waals surface area contributed by atoms with E-state index in [-0.39, 0.29) is 18.6 Å². The van der Waals surface area contributed by atoms with Crippen molar-refractivity contribution in [3.8, 4) is 0 Å². The zero-order valence-electron chi connectivity index (χ0n) is 27.6. The molecule has 2 aliphatic heterocycles. The largest absolute Gasteiger partial charge is 0.426 e. The summed E-state index contributed by atoms with van der Waals surface area (Å²) in [5.41, 5.74) is 0.297. The fourth-order valence-electron chi connectivity index (χ4n) is 6.46. The highest BCUT2D eigenvalue weighted by Gasteiger charge is 2.34. The third-order valence-corrected chi connectivity index (χ3v) is 9.19. The summed E-state index contributed by atoms with van der Waals surface area (Å²) in [5, 5.41) is 61.8. The van der Waals surface area contributed by atoms with Gasteiger partial charge in [0.15, 0.2) is 0 Å². The highest BCUT2D eigenvalue weighted by molar-refractivity contribution is 5.91. The lowest BCUT2D eigenvalue weighted by molar-refractivity contribution is -0.173. The SMILES string of the molecule is CCCCCCCCCCCCC(O)C(O)CCC(O)C1CCC(CC(O)CCCCCC(O)CC2=CC(C)(O)OC2=O)O1. The molecule has 0 aromatic carbocycles. The minimum atomic E-state index is -1.60. The van der Waals surface area contributed by atoms with Gasteiger partial charge in [0.1, 0.15) is 0 Å². The van der Waals surface area contributed by atoms with Gasteiger partial charge in [-0.15, -0.1) is 0 Å². The molecule has 1 fully saturated rings. The van der Waals surface area contributed by atoms with E-state index in [1.165, 1.54) is 64.4 Å². The Labute approximate surface area is 266 Å². The van der Waals surface area contributed by atoms with Gasteiger partial charge in [0.25, 0.3) is 0 Å². The van der Waals surface area contributed by atoms with E-state index < -0.39 is 42.3 Å². The third-order valence-electron chi connectivity index (χ3n) is 9.19. The van der Waals surface area contributed by atoms with Crippen molar-refractivity contribution in [3.63, 3.8) is 0 Å². The van der Waals surface area contributed by atoms with Gasteiger partial charge in [0.2, 0.25) is 5.79 Å². The predicted octanol–water partition coefficient (Wildman–Crippen LogP) is 5.35. The van der Waals surface area contributed by atoms with Crippen molar-refractivity contribution >= 4 is 5.97 Å². The van der Waals surface area contributed by atoms with Gasteiger partial charge in [-0.1, -0.05) is 90.4 Å². The molecule has 0 aromatic heterocycles. The first-order valence-electron chi connectivity index (χ1n) is 17.7. The summed E-state index contributed by atoms with van der Waals surface area (Å²) >= 11 is 0. The molecule has 1 saturated heterocycles. The molecule has 0 radical (unpaired) electrons. The number of rotatable bonds is 26. The molecule has 6 N–H and O–H groups in total. The molecule has 258 valence electrons. The number of esters is 1. The second-order valence-corrected chi connectivity index (χ2v) is 13.6. The Morgan fingerprint density at radius 1 is 0.750 bits per heavy atom. The Morgan fingerprint density at radius 2 is 1.30 bits per heavy atom. The van der Waals surface area contributed by atoms with Gasteiger partial charge in [-0.25, -0.2) is 4.79 Å². The smallest absolute Gasteiger partial charge is 0.336 e. The van der Waals surface area contributed by atoms with Crippen LogP contribution in [-0.4, -0.2) is 85.1 Å². The Kier molecular flexibility index (Phi) is 19.3. The van der Waals surface area contributed by atoms with Gasteiger partial charge in [0, 0.05) is 18.9 Å². The van der Waals surface area contributed by atoms with Gasteiger partial charge < -0.3 is 40.1 Å². The Morgan fingerprint density at radius 3 is 1.91 bits per heavy atom. The second kappa shape index (κ2) is 21.7. The number of carbonyl (C=O) groups is 1. The fraction of sp³-hybridized carbons (Fsp3) is 0.914. The number of hydrogen-bond acceptors (Lipinski definition) is 9. The third kappa shape index (κ3) is 16.5. The number of hydrogen-bond donors (Lipinski definition) is 6. The lowest BCUT2D eigenvalue weighted by atomic mass is 9.97. The van der Waals surface area contributed by atoms with Crippen LogP contribution in [0.5, 0.6) is 0 Å². The van der Waals surface area contributed by atoms with Gasteiger partial charge in [-0.2, -0.15) is 0 Å². The first-order chi connectivity index (χ1) is 21.0. The van der Waals surface area contributed by atoms with Crippen molar-refractivity contribution in [2.75, 3.05) is 0 Å². The molecule has 0 bridgehead atoms. The van der Waals surface area contributed by atoms with Crippen molar-refractivity contribution in [2.24, 2.45) is 0 Å². The van der Waals surface area contributed by atoms with Crippen LogP contribution in [0.3, 0.4) is 0 Å². The molecule has 0 spiro atoms. The van der Waals surface area contributed by atoms with Crippen LogP contribution in [0, 0.1) is 0 Å². The summed E-state index contributed by atoms with van der Waals surface area (Å²) in [6.45, 7) is 3.62. The number of aliphatic hydroxyl groups is 6. The first kappa shape index (κ1) is 39.1. The molecule has 2 rings (SSSR count). The summed E-state index contributed by atoms with van der Waals surface area (Å²) in [6, 6.07) is 0. The van der Waals surface area contributed by atoms with Gasteiger partial charge in [-0.3, -0.25) is 0 Å². The predicted molar refractivity (Wildman–Crippen MR) is 171 cm³/mol. The van der Waals surface area contributed by atoms with Crippen LogP contribution in [0.25, 0.3) is 0 Å². The molecule has 9 heteroatoms. The van der Waals surface area contributed by atoms with Crippen LogP contribution < -0.4 is 0 Å². The molecular weight excluding hydrogens is 564 g/mol. The number of aliphatic hydroxyl groups excluding tert-OH is 5. The van der Waals surface area contributed by atoms with E-state index in [2.05, 4.69) is 6.92 Å². The monoisotopic (exact) mass is 628 g/mol. The minimum absolute atomic E-state index is 0.102. The van der Waals surface area contributed by atoms with E-state index >= 15 is 0 Å². The van der Waals surface area contributed by atoms with E-state index in [4.69, 9.17) is 9.47 Å². The van der Waals surface area contributed by atoms with Crippen molar-refractivity contribution in [1.29, 1.82) is 0 Å². The van der Waals surface area contributed by atoms with Crippen molar-refractivity contribution in [2.45, 2.75) is 204 Å². The van der Waals surface area contributed by atoms with Crippen molar-refractivity contribution in [1.82, 2.24) is 0 Å². The molecule has 2 aliphatic rings. The van der Waals surface area contributed by atoms with Crippen LogP contribution in [0.1, 0.15) is 155 Å². The Bertz CT molecular complexity index is 801. The summed E-state index contributed by atoms with van der Waals surface area (Å²) in [6.07, 6.45) is 16.8. The maximum atomic E-state index is 11.7.